The monoisotopic (exact) mass is 559 g/mol. The van der Waals surface area contributed by atoms with Crippen LogP contribution in [0.25, 0.3) is 0 Å². The van der Waals surface area contributed by atoms with E-state index in [4.69, 9.17) is 4.74 Å². The van der Waals surface area contributed by atoms with Crippen LogP contribution in [0.1, 0.15) is 61.0 Å². The topological polar surface area (TPSA) is 79.5 Å². The van der Waals surface area contributed by atoms with Gasteiger partial charge in [-0.3, -0.25) is 4.79 Å². The summed E-state index contributed by atoms with van der Waals surface area (Å²) in [6.07, 6.45) is -9.85. The van der Waals surface area contributed by atoms with Gasteiger partial charge in [-0.15, -0.1) is 0 Å². The second kappa shape index (κ2) is 11.4. The summed E-state index contributed by atoms with van der Waals surface area (Å²) in [6.45, 7) is 1.37. The molecule has 12 heteroatoms. The summed E-state index contributed by atoms with van der Waals surface area (Å²) in [4.78, 5) is 24.9. The summed E-state index contributed by atoms with van der Waals surface area (Å²) < 4.78 is 86.2. The van der Waals surface area contributed by atoms with E-state index in [1.807, 2.05) is 30.3 Å². The van der Waals surface area contributed by atoms with Gasteiger partial charge in [-0.2, -0.15) is 26.3 Å². The number of hydrogen-bond donors (Lipinski definition) is 3. The molecule has 0 aromatic heterocycles. The highest BCUT2D eigenvalue weighted by Gasteiger charge is 2.48. The number of ether oxygens (including phenoxy) is 1. The quantitative estimate of drug-likeness (QED) is 0.380. The molecule has 1 aliphatic rings. The normalized spacial score (nSPS) is 22.6. The Morgan fingerprint density at radius 3 is 1.87 bits per heavy atom. The molecule has 0 saturated heterocycles. The summed E-state index contributed by atoms with van der Waals surface area (Å²) in [5, 5.41) is 7.76. The molecular formula is C27H31F6N3O3. The van der Waals surface area contributed by atoms with Gasteiger partial charge in [-0.1, -0.05) is 30.3 Å². The van der Waals surface area contributed by atoms with E-state index in [0.29, 0.717) is 25.0 Å². The van der Waals surface area contributed by atoms with E-state index < -0.39 is 46.6 Å². The number of rotatable bonds is 7. The molecule has 2 aromatic rings. The molecule has 1 atom stereocenters. The summed E-state index contributed by atoms with van der Waals surface area (Å²) in [7, 11) is 2.89. The molecule has 1 aliphatic carbocycles. The molecule has 1 saturated carbocycles. The fourth-order valence-corrected chi connectivity index (χ4v) is 4.99. The Kier molecular flexibility index (Phi) is 8.88. The predicted molar refractivity (Wildman–Crippen MR) is 132 cm³/mol. The van der Waals surface area contributed by atoms with E-state index in [1.54, 1.807) is 0 Å². The molecule has 2 aromatic carbocycles. The summed E-state index contributed by atoms with van der Waals surface area (Å²) >= 11 is 0. The van der Waals surface area contributed by atoms with Gasteiger partial charge in [0.25, 0.3) is 0 Å². The van der Waals surface area contributed by atoms with Crippen LogP contribution in [-0.4, -0.2) is 38.2 Å². The summed E-state index contributed by atoms with van der Waals surface area (Å²) in [6, 6.07) is 10.0. The summed E-state index contributed by atoms with van der Waals surface area (Å²) in [5.41, 5.74) is -4.12. The molecule has 3 N–H and O–H groups in total. The van der Waals surface area contributed by atoms with Gasteiger partial charge in [-0.05, 0) is 61.9 Å². The molecule has 3 amide bonds. The van der Waals surface area contributed by atoms with Crippen molar-refractivity contribution in [1.82, 2.24) is 16.0 Å². The fraction of sp³-hybridized carbons (Fsp3) is 0.481. The van der Waals surface area contributed by atoms with Crippen LogP contribution in [-0.2, 0) is 27.3 Å². The maximum absolute atomic E-state index is 13.4. The lowest BCUT2D eigenvalue weighted by Gasteiger charge is -2.46. The van der Waals surface area contributed by atoms with Crippen molar-refractivity contribution in [3.8, 4) is 0 Å². The summed E-state index contributed by atoms with van der Waals surface area (Å²) in [5.74, 6) is -0.370. The Bertz CT molecular complexity index is 1130. The molecule has 3 rings (SSSR count). The highest BCUT2D eigenvalue weighted by atomic mass is 19.4. The number of hydrogen-bond acceptors (Lipinski definition) is 3. The Balaban J connectivity index is 1.91. The van der Waals surface area contributed by atoms with Gasteiger partial charge in [0.1, 0.15) is 5.54 Å². The highest BCUT2D eigenvalue weighted by molar-refractivity contribution is 5.91. The van der Waals surface area contributed by atoms with E-state index in [1.165, 1.54) is 21.0 Å². The highest BCUT2D eigenvalue weighted by Crippen LogP contribution is 2.45. The largest absolute Gasteiger partial charge is 0.416 e. The third kappa shape index (κ3) is 6.84. The van der Waals surface area contributed by atoms with Crippen LogP contribution in [0, 0.1) is 0 Å². The van der Waals surface area contributed by atoms with Crippen LogP contribution in [0.2, 0.25) is 0 Å². The van der Waals surface area contributed by atoms with Crippen molar-refractivity contribution in [2.24, 2.45) is 0 Å². The van der Waals surface area contributed by atoms with Gasteiger partial charge in [0.15, 0.2) is 0 Å². The van der Waals surface area contributed by atoms with Gasteiger partial charge < -0.3 is 20.7 Å². The van der Waals surface area contributed by atoms with E-state index in [2.05, 4.69) is 16.0 Å². The number of benzene rings is 2. The van der Waals surface area contributed by atoms with Crippen LogP contribution in [0.5, 0.6) is 0 Å². The van der Waals surface area contributed by atoms with Crippen molar-refractivity contribution < 1.29 is 40.7 Å². The van der Waals surface area contributed by atoms with Crippen molar-refractivity contribution in [3.05, 3.63) is 70.8 Å². The molecule has 0 bridgehead atoms. The average Bonchev–Trinajstić information content (AvgIpc) is 2.91. The molecular weight excluding hydrogens is 528 g/mol. The van der Waals surface area contributed by atoms with Crippen LogP contribution >= 0.6 is 0 Å². The lowest BCUT2D eigenvalue weighted by Crippen LogP contribution is -2.62. The fourth-order valence-electron chi connectivity index (χ4n) is 4.99. The molecule has 1 fully saturated rings. The van der Waals surface area contributed by atoms with Gasteiger partial charge >= 0.3 is 18.4 Å². The van der Waals surface area contributed by atoms with Crippen LogP contribution < -0.4 is 16.0 Å². The molecule has 0 heterocycles. The number of carbonyl (C=O) groups excluding carboxylic acids is 2. The number of likely N-dealkylation sites (N-methyl/N-ethyl adjacent to an activating group) is 1. The molecule has 0 radical (unpaired) electrons. The lowest BCUT2D eigenvalue weighted by molar-refractivity contribution is -0.143. The van der Waals surface area contributed by atoms with Crippen molar-refractivity contribution >= 4 is 11.9 Å². The van der Waals surface area contributed by atoms with Crippen LogP contribution in [0.3, 0.4) is 0 Å². The van der Waals surface area contributed by atoms with E-state index in [-0.39, 0.29) is 37.0 Å². The maximum Gasteiger partial charge on any atom is 0.416 e. The molecule has 0 spiro atoms. The van der Waals surface area contributed by atoms with E-state index in [9.17, 15) is 35.9 Å². The number of urea groups is 1. The van der Waals surface area contributed by atoms with Crippen molar-refractivity contribution in [2.75, 3.05) is 20.7 Å². The van der Waals surface area contributed by atoms with Crippen LogP contribution in [0.4, 0.5) is 31.1 Å². The molecule has 6 nitrogen and oxygen atoms in total. The third-order valence-electron chi connectivity index (χ3n) is 7.38. The first-order valence-corrected chi connectivity index (χ1v) is 12.3. The van der Waals surface area contributed by atoms with Gasteiger partial charge in [0, 0.05) is 19.5 Å². The smallest absolute Gasteiger partial charge is 0.373 e. The van der Waals surface area contributed by atoms with E-state index in [0.717, 1.165) is 5.56 Å². The number of carbonyl (C=O) groups is 2. The first-order chi connectivity index (χ1) is 18.2. The maximum atomic E-state index is 13.4. The van der Waals surface area contributed by atoms with Crippen molar-refractivity contribution in [1.29, 1.82) is 0 Å². The second-order valence-corrected chi connectivity index (χ2v) is 9.80. The minimum absolute atomic E-state index is 0.0282. The first kappa shape index (κ1) is 30.3. The van der Waals surface area contributed by atoms with Gasteiger partial charge in [-0.25, -0.2) is 4.79 Å². The minimum atomic E-state index is -4.97. The first-order valence-electron chi connectivity index (χ1n) is 12.3. The van der Waals surface area contributed by atoms with Crippen molar-refractivity contribution in [3.63, 3.8) is 0 Å². The van der Waals surface area contributed by atoms with Gasteiger partial charge in [0.2, 0.25) is 5.91 Å². The number of amides is 3. The zero-order chi connectivity index (χ0) is 29.1. The zero-order valence-corrected chi connectivity index (χ0v) is 21.7. The standard InChI is InChI=1S/C27H31F6N3O3/c1-17(18-13-20(26(28,29)30)15-21(14-18)27(31,32)33)39-16-24(19-7-5-4-6-8-19)9-11-25(12-10-24,22(37)34-2)36-23(38)35-3/h4-8,13-15,17H,9-12,16H2,1-3H3,(H,34,37)(H2,35,36,38)/t17-,24?,25?/m1/s1. The van der Waals surface area contributed by atoms with Crippen LogP contribution in [0.15, 0.2) is 48.5 Å². The Hall–Kier alpha value is -3.28. The Labute approximate surface area is 222 Å². The lowest BCUT2D eigenvalue weighted by atomic mass is 9.64. The third-order valence-corrected chi connectivity index (χ3v) is 7.38. The predicted octanol–water partition coefficient (Wildman–Crippen LogP) is 5.73. The average molecular weight is 560 g/mol. The zero-order valence-electron chi connectivity index (χ0n) is 21.7. The SMILES string of the molecule is CNC(=O)NC1(C(=O)NC)CCC(CO[C@H](C)c2cc(C(F)(F)F)cc(C(F)(F)F)c2)(c2ccccc2)CC1. The Morgan fingerprint density at radius 2 is 1.41 bits per heavy atom. The Morgan fingerprint density at radius 1 is 0.872 bits per heavy atom. The minimum Gasteiger partial charge on any atom is -0.373 e. The number of alkyl halides is 6. The number of nitrogens with one attached hydrogen (secondary N) is 3. The number of halogens is 6. The second-order valence-electron chi connectivity index (χ2n) is 9.80. The molecule has 0 unspecified atom stereocenters. The molecule has 39 heavy (non-hydrogen) atoms. The van der Waals surface area contributed by atoms with Gasteiger partial charge in [0.05, 0.1) is 23.8 Å². The molecule has 0 aliphatic heterocycles. The molecule has 214 valence electrons. The van der Waals surface area contributed by atoms with Crippen molar-refractivity contribution in [2.45, 2.75) is 62.0 Å². The van der Waals surface area contributed by atoms with E-state index >= 15 is 0 Å².